The fourth-order valence-corrected chi connectivity index (χ4v) is 1.22. The van der Waals surface area contributed by atoms with Crippen LogP contribution < -0.4 is 5.32 Å². The van der Waals surface area contributed by atoms with Gasteiger partial charge < -0.3 is 5.32 Å². The Morgan fingerprint density at radius 3 is 3.07 bits per heavy atom. The van der Waals surface area contributed by atoms with E-state index in [9.17, 15) is 0 Å². The van der Waals surface area contributed by atoms with Gasteiger partial charge >= 0.3 is 0 Å². The number of unbranched alkanes of at least 4 members (excludes halogenated alkanes) is 2. The molecular formula is C11H15N3. The second-order valence-corrected chi connectivity index (χ2v) is 3.15. The summed E-state index contributed by atoms with van der Waals surface area (Å²) in [6.07, 6.45) is 5.23. The minimum Gasteiger partial charge on any atom is -0.369 e. The first-order valence-corrected chi connectivity index (χ1v) is 4.97. The summed E-state index contributed by atoms with van der Waals surface area (Å²) in [5.74, 6) is 0.700. The highest BCUT2D eigenvalue weighted by Crippen LogP contribution is 2.09. The first kappa shape index (κ1) is 10.5. The molecule has 0 atom stereocenters. The van der Waals surface area contributed by atoms with Gasteiger partial charge in [-0.25, -0.2) is 4.98 Å². The number of pyridine rings is 1. The average Bonchev–Trinajstić information content (AvgIpc) is 2.25. The van der Waals surface area contributed by atoms with E-state index in [1.165, 1.54) is 12.8 Å². The summed E-state index contributed by atoms with van der Waals surface area (Å²) in [6.45, 7) is 3.06. The van der Waals surface area contributed by atoms with Gasteiger partial charge in [-0.3, -0.25) is 0 Å². The second kappa shape index (κ2) is 5.98. The molecule has 14 heavy (non-hydrogen) atoms. The molecule has 0 radical (unpaired) electrons. The van der Waals surface area contributed by atoms with Gasteiger partial charge in [0.25, 0.3) is 0 Å². The van der Waals surface area contributed by atoms with Gasteiger partial charge in [-0.2, -0.15) is 5.26 Å². The Bertz CT molecular complexity index is 315. The molecule has 0 aromatic carbocycles. The van der Waals surface area contributed by atoms with Crippen LogP contribution in [-0.2, 0) is 0 Å². The van der Waals surface area contributed by atoms with Crippen LogP contribution in [0.15, 0.2) is 18.3 Å². The fourth-order valence-electron chi connectivity index (χ4n) is 1.22. The molecule has 0 bridgehead atoms. The van der Waals surface area contributed by atoms with Gasteiger partial charge in [-0.15, -0.1) is 0 Å². The molecule has 0 unspecified atom stereocenters. The molecule has 1 N–H and O–H groups in total. The van der Waals surface area contributed by atoms with E-state index >= 15 is 0 Å². The molecule has 0 spiro atoms. The van der Waals surface area contributed by atoms with Crippen LogP contribution in [0.2, 0.25) is 0 Å². The Morgan fingerprint density at radius 1 is 1.50 bits per heavy atom. The van der Waals surface area contributed by atoms with E-state index in [2.05, 4.69) is 23.3 Å². The molecule has 1 aromatic rings. The molecule has 0 aliphatic rings. The van der Waals surface area contributed by atoms with Gasteiger partial charge in [0, 0.05) is 12.7 Å². The van der Waals surface area contributed by atoms with E-state index in [-0.39, 0.29) is 0 Å². The standard InChI is InChI=1S/C11H15N3/c1-2-3-4-7-13-11-10(9-12)6-5-8-14-11/h5-6,8H,2-4,7H2,1H3,(H,13,14). The molecule has 3 heteroatoms. The first-order valence-electron chi connectivity index (χ1n) is 4.97. The quantitative estimate of drug-likeness (QED) is 0.724. The Kier molecular flexibility index (Phi) is 4.49. The summed E-state index contributed by atoms with van der Waals surface area (Å²) < 4.78 is 0. The number of anilines is 1. The van der Waals surface area contributed by atoms with E-state index in [1.54, 1.807) is 18.3 Å². The number of hydrogen-bond acceptors (Lipinski definition) is 3. The van der Waals surface area contributed by atoms with Crippen molar-refractivity contribution in [3.8, 4) is 6.07 Å². The van der Waals surface area contributed by atoms with Crippen molar-refractivity contribution in [3.63, 3.8) is 0 Å². The maximum atomic E-state index is 8.79. The molecule has 1 aromatic heterocycles. The van der Waals surface area contributed by atoms with Crippen LogP contribution >= 0.6 is 0 Å². The third-order valence-electron chi connectivity index (χ3n) is 2.00. The summed E-state index contributed by atoms with van der Waals surface area (Å²) in [4.78, 5) is 4.11. The lowest BCUT2D eigenvalue weighted by molar-refractivity contribution is 0.742. The van der Waals surface area contributed by atoms with E-state index in [4.69, 9.17) is 5.26 Å². The number of nitrogens with zero attached hydrogens (tertiary/aromatic N) is 2. The van der Waals surface area contributed by atoms with Crippen LogP contribution in [-0.4, -0.2) is 11.5 Å². The van der Waals surface area contributed by atoms with Crippen molar-refractivity contribution in [2.24, 2.45) is 0 Å². The number of nitrogens with one attached hydrogen (secondary N) is 1. The van der Waals surface area contributed by atoms with Gasteiger partial charge in [0.15, 0.2) is 0 Å². The molecule has 0 saturated carbocycles. The van der Waals surface area contributed by atoms with E-state index in [0.29, 0.717) is 11.4 Å². The highest BCUT2D eigenvalue weighted by Gasteiger charge is 1.99. The normalized spacial score (nSPS) is 9.43. The number of aromatic nitrogens is 1. The summed E-state index contributed by atoms with van der Waals surface area (Å²) >= 11 is 0. The van der Waals surface area contributed by atoms with Crippen LogP contribution in [0.1, 0.15) is 31.7 Å². The van der Waals surface area contributed by atoms with E-state index < -0.39 is 0 Å². The van der Waals surface area contributed by atoms with Gasteiger partial charge in [0.2, 0.25) is 0 Å². The van der Waals surface area contributed by atoms with Crippen molar-refractivity contribution < 1.29 is 0 Å². The van der Waals surface area contributed by atoms with Gasteiger partial charge in [0.05, 0.1) is 5.56 Å². The average molecular weight is 189 g/mol. The highest BCUT2D eigenvalue weighted by molar-refractivity contribution is 5.50. The zero-order valence-corrected chi connectivity index (χ0v) is 8.45. The number of rotatable bonds is 5. The SMILES string of the molecule is CCCCCNc1ncccc1C#N. The zero-order chi connectivity index (χ0) is 10.2. The lowest BCUT2D eigenvalue weighted by Crippen LogP contribution is -2.04. The molecule has 1 rings (SSSR count). The third kappa shape index (κ3) is 3.06. The predicted octanol–water partition coefficient (Wildman–Crippen LogP) is 2.56. The van der Waals surface area contributed by atoms with Gasteiger partial charge in [-0.05, 0) is 18.6 Å². The predicted molar refractivity (Wildman–Crippen MR) is 57.0 cm³/mol. The molecule has 74 valence electrons. The van der Waals surface area contributed by atoms with Gasteiger partial charge in [0.1, 0.15) is 11.9 Å². The molecule has 0 fully saturated rings. The monoisotopic (exact) mass is 189 g/mol. The van der Waals surface area contributed by atoms with Crippen LogP contribution in [0.5, 0.6) is 0 Å². The molecule has 0 aliphatic carbocycles. The van der Waals surface area contributed by atoms with Crippen molar-refractivity contribution >= 4 is 5.82 Å². The lowest BCUT2D eigenvalue weighted by Gasteiger charge is -2.05. The molecule has 0 amide bonds. The smallest absolute Gasteiger partial charge is 0.143 e. The van der Waals surface area contributed by atoms with Crippen molar-refractivity contribution in [2.45, 2.75) is 26.2 Å². The summed E-state index contributed by atoms with van der Waals surface area (Å²) in [5, 5.41) is 12.0. The minimum absolute atomic E-state index is 0.615. The third-order valence-corrected chi connectivity index (χ3v) is 2.00. The van der Waals surface area contributed by atoms with Crippen molar-refractivity contribution in [2.75, 3.05) is 11.9 Å². The summed E-state index contributed by atoms with van der Waals surface area (Å²) in [6, 6.07) is 5.66. The Morgan fingerprint density at radius 2 is 2.36 bits per heavy atom. The topological polar surface area (TPSA) is 48.7 Å². The molecule has 3 nitrogen and oxygen atoms in total. The highest BCUT2D eigenvalue weighted by atomic mass is 15.0. The largest absolute Gasteiger partial charge is 0.369 e. The van der Waals surface area contributed by atoms with Gasteiger partial charge in [-0.1, -0.05) is 19.8 Å². The van der Waals surface area contributed by atoms with Crippen LogP contribution in [0.3, 0.4) is 0 Å². The van der Waals surface area contributed by atoms with Crippen molar-refractivity contribution in [3.05, 3.63) is 23.9 Å². The van der Waals surface area contributed by atoms with Crippen molar-refractivity contribution in [1.29, 1.82) is 5.26 Å². The maximum Gasteiger partial charge on any atom is 0.143 e. The molecular weight excluding hydrogens is 174 g/mol. The van der Waals surface area contributed by atoms with Crippen LogP contribution in [0.25, 0.3) is 0 Å². The lowest BCUT2D eigenvalue weighted by atomic mass is 10.2. The fraction of sp³-hybridized carbons (Fsp3) is 0.455. The van der Waals surface area contributed by atoms with E-state index in [0.717, 1.165) is 13.0 Å². The number of nitriles is 1. The summed E-state index contributed by atoms with van der Waals surface area (Å²) in [7, 11) is 0. The Balaban J connectivity index is 2.46. The van der Waals surface area contributed by atoms with Crippen molar-refractivity contribution in [1.82, 2.24) is 4.98 Å². The second-order valence-electron chi connectivity index (χ2n) is 3.15. The van der Waals surface area contributed by atoms with Crippen LogP contribution in [0, 0.1) is 11.3 Å². The molecule has 1 heterocycles. The minimum atomic E-state index is 0.615. The first-order chi connectivity index (χ1) is 6.88. The maximum absolute atomic E-state index is 8.79. The molecule has 0 saturated heterocycles. The van der Waals surface area contributed by atoms with Crippen LogP contribution in [0.4, 0.5) is 5.82 Å². The molecule has 0 aliphatic heterocycles. The summed E-state index contributed by atoms with van der Waals surface area (Å²) in [5.41, 5.74) is 0.615. The Labute approximate surface area is 84.8 Å². The van der Waals surface area contributed by atoms with E-state index in [1.807, 2.05) is 0 Å². The zero-order valence-electron chi connectivity index (χ0n) is 8.45. The Hall–Kier alpha value is -1.56. The number of hydrogen-bond donors (Lipinski definition) is 1.